The van der Waals surface area contributed by atoms with Crippen LogP contribution >= 0.6 is 0 Å². The normalized spacial score (nSPS) is 19.8. The monoisotopic (exact) mass is 339 g/mol. The summed E-state index contributed by atoms with van der Waals surface area (Å²) in [5, 5.41) is 2.94. The number of likely N-dealkylation sites (tertiary alicyclic amines) is 1. The molecule has 0 saturated carbocycles. The summed E-state index contributed by atoms with van der Waals surface area (Å²) >= 11 is 0. The summed E-state index contributed by atoms with van der Waals surface area (Å²) < 4.78 is 5.31. The summed E-state index contributed by atoms with van der Waals surface area (Å²) in [6, 6.07) is 11.0. The van der Waals surface area contributed by atoms with E-state index in [0.717, 1.165) is 16.9 Å². The van der Waals surface area contributed by atoms with E-state index in [0.29, 0.717) is 6.54 Å². The standard InChI is InChI=1S/C19H21N3O3/c1-22-17(23)10-15(18(22)14-7-5-9-20-11-14)19(24)21-12-13-6-3-4-8-16(13)25-2/h3-9,11,15,18H,10,12H2,1-2H3,(H,21,24). The van der Waals surface area contributed by atoms with E-state index in [1.807, 2.05) is 36.4 Å². The van der Waals surface area contributed by atoms with Gasteiger partial charge in [0.1, 0.15) is 5.75 Å². The maximum atomic E-state index is 12.7. The molecule has 0 aliphatic carbocycles. The maximum Gasteiger partial charge on any atom is 0.226 e. The van der Waals surface area contributed by atoms with E-state index in [4.69, 9.17) is 4.74 Å². The Kier molecular flexibility index (Phi) is 4.97. The summed E-state index contributed by atoms with van der Waals surface area (Å²) in [5.41, 5.74) is 1.77. The summed E-state index contributed by atoms with van der Waals surface area (Å²) in [5.74, 6) is 0.117. The van der Waals surface area contributed by atoms with E-state index in [1.165, 1.54) is 0 Å². The molecule has 1 aliphatic rings. The van der Waals surface area contributed by atoms with Gasteiger partial charge in [-0.05, 0) is 17.7 Å². The number of methoxy groups -OCH3 is 1. The van der Waals surface area contributed by atoms with Crippen molar-refractivity contribution in [1.29, 1.82) is 0 Å². The van der Waals surface area contributed by atoms with Gasteiger partial charge in [0, 0.05) is 38.0 Å². The molecule has 1 N–H and O–H groups in total. The van der Waals surface area contributed by atoms with Gasteiger partial charge in [-0.25, -0.2) is 0 Å². The van der Waals surface area contributed by atoms with E-state index in [-0.39, 0.29) is 24.3 Å². The van der Waals surface area contributed by atoms with Crippen molar-refractivity contribution in [2.75, 3.05) is 14.2 Å². The lowest BCUT2D eigenvalue weighted by Crippen LogP contribution is -2.34. The number of ether oxygens (including phenoxy) is 1. The lowest BCUT2D eigenvalue weighted by atomic mass is 9.94. The van der Waals surface area contributed by atoms with E-state index >= 15 is 0 Å². The smallest absolute Gasteiger partial charge is 0.226 e. The number of nitrogens with one attached hydrogen (secondary N) is 1. The third-order valence-electron chi connectivity index (χ3n) is 4.59. The first-order valence-corrected chi connectivity index (χ1v) is 8.17. The van der Waals surface area contributed by atoms with Gasteiger partial charge < -0.3 is 15.0 Å². The predicted octanol–water partition coefficient (Wildman–Crippen LogP) is 1.93. The maximum absolute atomic E-state index is 12.7. The van der Waals surface area contributed by atoms with Gasteiger partial charge in [-0.2, -0.15) is 0 Å². The van der Waals surface area contributed by atoms with E-state index in [1.54, 1.807) is 31.5 Å². The van der Waals surface area contributed by atoms with Crippen LogP contribution in [0, 0.1) is 5.92 Å². The number of hydrogen-bond donors (Lipinski definition) is 1. The number of hydrogen-bond acceptors (Lipinski definition) is 4. The number of nitrogens with zero attached hydrogens (tertiary/aromatic N) is 2. The molecule has 25 heavy (non-hydrogen) atoms. The van der Waals surface area contributed by atoms with E-state index < -0.39 is 5.92 Å². The van der Waals surface area contributed by atoms with Gasteiger partial charge >= 0.3 is 0 Å². The summed E-state index contributed by atoms with van der Waals surface area (Å²) in [4.78, 5) is 30.6. The lowest BCUT2D eigenvalue weighted by Gasteiger charge is -2.24. The van der Waals surface area contributed by atoms with E-state index in [9.17, 15) is 9.59 Å². The zero-order chi connectivity index (χ0) is 17.8. The van der Waals surface area contributed by atoms with Gasteiger partial charge in [-0.15, -0.1) is 0 Å². The molecule has 3 rings (SSSR count). The second-order valence-electron chi connectivity index (χ2n) is 6.08. The first kappa shape index (κ1) is 17.0. The zero-order valence-corrected chi connectivity index (χ0v) is 14.3. The van der Waals surface area contributed by atoms with Gasteiger partial charge in [-0.3, -0.25) is 14.6 Å². The highest BCUT2D eigenvalue weighted by molar-refractivity contribution is 5.90. The predicted molar refractivity (Wildman–Crippen MR) is 92.7 cm³/mol. The van der Waals surface area contributed by atoms with Gasteiger partial charge in [0.25, 0.3) is 0 Å². The molecule has 2 atom stereocenters. The highest BCUT2D eigenvalue weighted by Gasteiger charge is 2.42. The molecule has 1 aromatic heterocycles. The zero-order valence-electron chi connectivity index (χ0n) is 14.3. The molecule has 1 fully saturated rings. The average Bonchev–Trinajstić information content (AvgIpc) is 2.95. The van der Waals surface area contributed by atoms with Crippen molar-refractivity contribution in [3.8, 4) is 5.75 Å². The Bertz CT molecular complexity index is 764. The lowest BCUT2D eigenvalue weighted by molar-refractivity contribution is -0.128. The van der Waals surface area contributed by atoms with Crippen LogP contribution in [0.25, 0.3) is 0 Å². The number of benzene rings is 1. The van der Waals surface area contributed by atoms with Gasteiger partial charge in [0.05, 0.1) is 19.1 Å². The fourth-order valence-electron chi connectivity index (χ4n) is 3.27. The number of amides is 2. The van der Waals surface area contributed by atoms with Crippen molar-refractivity contribution in [3.63, 3.8) is 0 Å². The van der Waals surface area contributed by atoms with Gasteiger partial charge in [-0.1, -0.05) is 24.3 Å². The highest BCUT2D eigenvalue weighted by atomic mass is 16.5. The Labute approximate surface area is 146 Å². The number of para-hydroxylation sites is 1. The molecule has 1 aromatic carbocycles. The Morgan fingerprint density at radius 1 is 1.32 bits per heavy atom. The molecular weight excluding hydrogens is 318 g/mol. The molecule has 2 amide bonds. The Morgan fingerprint density at radius 3 is 2.84 bits per heavy atom. The van der Waals surface area contributed by atoms with Crippen LogP contribution in [0.4, 0.5) is 0 Å². The average molecular weight is 339 g/mol. The van der Waals surface area contributed by atoms with Gasteiger partial charge in [0.15, 0.2) is 0 Å². The molecule has 0 spiro atoms. The van der Waals surface area contributed by atoms with Crippen molar-refractivity contribution in [2.24, 2.45) is 5.92 Å². The quantitative estimate of drug-likeness (QED) is 0.903. The van der Waals surface area contributed by atoms with E-state index in [2.05, 4.69) is 10.3 Å². The molecule has 0 bridgehead atoms. The molecule has 6 heteroatoms. The Hall–Kier alpha value is -2.89. The minimum atomic E-state index is -0.434. The third kappa shape index (κ3) is 3.47. The summed E-state index contributed by atoms with van der Waals surface area (Å²) in [7, 11) is 3.33. The van der Waals surface area contributed by atoms with Crippen LogP contribution < -0.4 is 10.1 Å². The largest absolute Gasteiger partial charge is 0.496 e. The Morgan fingerprint density at radius 2 is 2.12 bits per heavy atom. The van der Waals surface area contributed by atoms with Crippen LogP contribution in [0.15, 0.2) is 48.8 Å². The number of carbonyl (C=O) groups is 2. The molecule has 2 aromatic rings. The first-order valence-electron chi connectivity index (χ1n) is 8.17. The fourth-order valence-corrected chi connectivity index (χ4v) is 3.27. The van der Waals surface area contributed by atoms with Gasteiger partial charge in [0.2, 0.25) is 11.8 Å². The highest BCUT2D eigenvalue weighted by Crippen LogP contribution is 2.36. The molecular formula is C19H21N3O3. The van der Waals surface area contributed by atoms with Crippen molar-refractivity contribution in [2.45, 2.75) is 19.0 Å². The third-order valence-corrected chi connectivity index (χ3v) is 4.59. The number of pyridine rings is 1. The van der Waals surface area contributed by atoms with Crippen LogP contribution in [0.2, 0.25) is 0 Å². The number of carbonyl (C=O) groups excluding carboxylic acids is 2. The molecule has 1 saturated heterocycles. The topological polar surface area (TPSA) is 71.5 Å². The van der Waals surface area contributed by atoms with Crippen LogP contribution in [-0.2, 0) is 16.1 Å². The molecule has 1 aliphatic heterocycles. The van der Waals surface area contributed by atoms with Crippen LogP contribution in [0.3, 0.4) is 0 Å². The SMILES string of the molecule is COc1ccccc1CNC(=O)C1CC(=O)N(C)C1c1cccnc1. The van der Waals surface area contributed by atoms with Crippen molar-refractivity contribution in [1.82, 2.24) is 15.2 Å². The van der Waals surface area contributed by atoms with Crippen LogP contribution in [0.5, 0.6) is 5.75 Å². The van der Waals surface area contributed by atoms with Crippen molar-refractivity contribution in [3.05, 3.63) is 59.9 Å². The Balaban J connectivity index is 1.75. The molecule has 130 valence electrons. The van der Waals surface area contributed by atoms with Crippen LogP contribution in [-0.4, -0.2) is 35.9 Å². The molecule has 6 nitrogen and oxygen atoms in total. The van der Waals surface area contributed by atoms with Crippen molar-refractivity contribution >= 4 is 11.8 Å². The number of aromatic nitrogens is 1. The minimum absolute atomic E-state index is 0.0358. The molecule has 0 radical (unpaired) electrons. The second kappa shape index (κ2) is 7.34. The van der Waals surface area contributed by atoms with Crippen molar-refractivity contribution < 1.29 is 14.3 Å². The summed E-state index contributed by atoms with van der Waals surface area (Å²) in [6.07, 6.45) is 3.59. The molecule has 2 unspecified atom stereocenters. The van der Waals surface area contributed by atoms with Crippen LogP contribution in [0.1, 0.15) is 23.6 Å². The summed E-state index contributed by atoms with van der Waals surface area (Å²) in [6.45, 7) is 0.358. The number of rotatable bonds is 5. The minimum Gasteiger partial charge on any atom is -0.496 e. The molecule has 2 heterocycles. The fraction of sp³-hybridized carbons (Fsp3) is 0.316. The first-order chi connectivity index (χ1) is 12.1. The second-order valence-corrected chi connectivity index (χ2v) is 6.08.